The Morgan fingerprint density at radius 1 is 0.800 bits per heavy atom. The molecule has 0 aliphatic carbocycles. The fourth-order valence-electron chi connectivity index (χ4n) is 2.13. The predicted molar refractivity (Wildman–Crippen MR) is 104 cm³/mol. The quantitative estimate of drug-likeness (QED) is 0.459. The van der Waals surface area contributed by atoms with Crippen LogP contribution in [0.2, 0.25) is 0 Å². The highest BCUT2D eigenvalue weighted by atomic mass is 32.1. The minimum atomic E-state index is 0.194. The maximum Gasteiger partial charge on any atom is 0.124 e. The molecule has 0 spiro atoms. The molecule has 128 valence electrons. The van der Waals surface area contributed by atoms with Crippen LogP contribution in [0.4, 0.5) is 11.4 Å². The number of rotatable bonds is 5. The molecular weight excluding hydrogens is 330 g/mol. The van der Waals surface area contributed by atoms with Gasteiger partial charge in [0.1, 0.15) is 5.01 Å². The van der Waals surface area contributed by atoms with Gasteiger partial charge in [-0.05, 0) is 70.2 Å². The number of benzene rings is 2. The minimum Gasteiger partial charge on any atom is -0.236 e. The second-order valence-electron chi connectivity index (χ2n) is 6.34. The maximum absolute atomic E-state index is 4.72. The Hall–Kier alpha value is -2.47. The van der Waals surface area contributed by atoms with E-state index in [4.69, 9.17) is 4.98 Å². The van der Waals surface area contributed by atoms with Gasteiger partial charge >= 0.3 is 0 Å². The van der Waals surface area contributed by atoms with Crippen molar-refractivity contribution >= 4 is 32.9 Å². The standard InChI is InChI=1S/C19H21N5S/c1-12(2)21-23-15-7-5-14(6-8-15)19-20-17-10-9-16(11-18(17)25-19)24-22-13(3)4/h5-13H,1-4H3. The zero-order valence-corrected chi connectivity index (χ0v) is 15.7. The van der Waals surface area contributed by atoms with E-state index in [0.29, 0.717) is 0 Å². The molecule has 1 aromatic heterocycles. The number of nitrogens with zero attached hydrogens (tertiary/aromatic N) is 5. The summed E-state index contributed by atoms with van der Waals surface area (Å²) in [4.78, 5) is 4.72. The third-order valence-electron chi connectivity index (χ3n) is 3.29. The average Bonchev–Trinajstić information content (AvgIpc) is 3.01. The first-order valence-electron chi connectivity index (χ1n) is 8.34. The van der Waals surface area contributed by atoms with Gasteiger partial charge in [0.25, 0.3) is 0 Å². The molecule has 0 bridgehead atoms. The molecule has 0 aliphatic heterocycles. The molecule has 0 fully saturated rings. The minimum absolute atomic E-state index is 0.194. The Labute approximate surface area is 151 Å². The van der Waals surface area contributed by atoms with Crippen molar-refractivity contribution in [3.63, 3.8) is 0 Å². The number of hydrogen-bond donors (Lipinski definition) is 0. The van der Waals surface area contributed by atoms with E-state index >= 15 is 0 Å². The second-order valence-corrected chi connectivity index (χ2v) is 7.37. The molecule has 0 aliphatic rings. The van der Waals surface area contributed by atoms with E-state index in [0.717, 1.165) is 32.2 Å². The van der Waals surface area contributed by atoms with E-state index in [1.165, 1.54) is 0 Å². The average molecular weight is 351 g/mol. The van der Waals surface area contributed by atoms with Crippen molar-refractivity contribution in [2.75, 3.05) is 0 Å². The van der Waals surface area contributed by atoms with Crippen LogP contribution in [0.3, 0.4) is 0 Å². The second kappa shape index (κ2) is 7.61. The molecule has 5 nitrogen and oxygen atoms in total. The first-order chi connectivity index (χ1) is 12.0. The monoisotopic (exact) mass is 351 g/mol. The number of azo groups is 2. The molecule has 0 atom stereocenters. The van der Waals surface area contributed by atoms with Crippen molar-refractivity contribution < 1.29 is 0 Å². The molecular formula is C19H21N5S. The molecule has 2 aromatic carbocycles. The van der Waals surface area contributed by atoms with Crippen molar-refractivity contribution in [3.05, 3.63) is 42.5 Å². The molecule has 25 heavy (non-hydrogen) atoms. The Morgan fingerprint density at radius 3 is 2.04 bits per heavy atom. The highest BCUT2D eigenvalue weighted by molar-refractivity contribution is 7.21. The lowest BCUT2D eigenvalue weighted by Crippen LogP contribution is -1.83. The Bertz CT molecular complexity index is 907. The van der Waals surface area contributed by atoms with E-state index in [2.05, 4.69) is 20.5 Å². The van der Waals surface area contributed by atoms with Crippen LogP contribution in [-0.2, 0) is 0 Å². The summed E-state index contributed by atoms with van der Waals surface area (Å²) in [6, 6.07) is 14.4. The Kier molecular flexibility index (Phi) is 5.28. The lowest BCUT2D eigenvalue weighted by atomic mass is 10.2. The van der Waals surface area contributed by atoms with Gasteiger partial charge in [-0.3, -0.25) is 0 Å². The molecule has 6 heteroatoms. The van der Waals surface area contributed by atoms with Gasteiger partial charge in [-0.15, -0.1) is 11.3 Å². The number of thiazole rings is 1. The van der Waals surface area contributed by atoms with Gasteiger partial charge in [-0.25, -0.2) is 4.98 Å². The molecule has 3 rings (SSSR count). The summed E-state index contributed by atoms with van der Waals surface area (Å²) in [5, 5.41) is 17.8. The van der Waals surface area contributed by atoms with Gasteiger partial charge in [0.05, 0.1) is 33.7 Å². The van der Waals surface area contributed by atoms with Crippen LogP contribution in [0.5, 0.6) is 0 Å². The maximum atomic E-state index is 4.72. The third-order valence-corrected chi connectivity index (χ3v) is 4.36. The summed E-state index contributed by atoms with van der Waals surface area (Å²) in [7, 11) is 0. The third kappa shape index (κ3) is 4.54. The van der Waals surface area contributed by atoms with Gasteiger partial charge in [-0.2, -0.15) is 20.5 Å². The van der Waals surface area contributed by atoms with E-state index in [9.17, 15) is 0 Å². The van der Waals surface area contributed by atoms with Gasteiger partial charge in [0.15, 0.2) is 0 Å². The largest absolute Gasteiger partial charge is 0.236 e. The SMILES string of the molecule is CC(C)N=Nc1ccc(-c2nc3ccc(N=NC(C)C)cc3s2)cc1. The molecule has 3 aromatic rings. The van der Waals surface area contributed by atoms with Crippen molar-refractivity contribution in [2.24, 2.45) is 20.5 Å². The summed E-state index contributed by atoms with van der Waals surface area (Å²) < 4.78 is 1.11. The number of fused-ring (bicyclic) bond motifs is 1. The lowest BCUT2D eigenvalue weighted by Gasteiger charge is -1.97. The molecule has 0 saturated heterocycles. The van der Waals surface area contributed by atoms with Gasteiger partial charge in [0.2, 0.25) is 0 Å². The number of aromatic nitrogens is 1. The Balaban J connectivity index is 1.86. The predicted octanol–water partition coefficient (Wildman–Crippen LogP) is 6.95. The van der Waals surface area contributed by atoms with Crippen LogP contribution < -0.4 is 0 Å². The summed E-state index contributed by atoms with van der Waals surface area (Å²) in [5.41, 5.74) is 3.78. The van der Waals surface area contributed by atoms with Crippen molar-refractivity contribution in [1.29, 1.82) is 0 Å². The summed E-state index contributed by atoms with van der Waals surface area (Å²) in [6.45, 7) is 8.04. The van der Waals surface area contributed by atoms with Crippen molar-refractivity contribution in [2.45, 2.75) is 39.8 Å². The van der Waals surface area contributed by atoms with E-state index < -0.39 is 0 Å². The van der Waals surface area contributed by atoms with Gasteiger partial charge in [0, 0.05) is 5.56 Å². The molecule has 0 unspecified atom stereocenters. The van der Waals surface area contributed by atoms with Crippen molar-refractivity contribution in [1.82, 2.24) is 4.98 Å². The summed E-state index contributed by atoms with van der Waals surface area (Å²) >= 11 is 1.66. The first-order valence-corrected chi connectivity index (χ1v) is 9.15. The lowest BCUT2D eigenvalue weighted by molar-refractivity contribution is 0.779. The Morgan fingerprint density at radius 2 is 1.40 bits per heavy atom. The van der Waals surface area contributed by atoms with E-state index in [1.54, 1.807) is 11.3 Å². The normalized spacial score (nSPS) is 12.4. The van der Waals surface area contributed by atoms with Gasteiger partial charge < -0.3 is 0 Å². The summed E-state index contributed by atoms with van der Waals surface area (Å²) in [5.74, 6) is 0. The van der Waals surface area contributed by atoms with Gasteiger partial charge in [-0.1, -0.05) is 0 Å². The van der Waals surface area contributed by atoms with E-state index in [1.807, 2.05) is 70.2 Å². The zero-order valence-electron chi connectivity index (χ0n) is 14.8. The fourth-order valence-corrected chi connectivity index (χ4v) is 3.14. The zero-order chi connectivity index (χ0) is 17.8. The fraction of sp³-hybridized carbons (Fsp3) is 0.316. The van der Waals surface area contributed by atoms with Crippen LogP contribution in [0.15, 0.2) is 62.9 Å². The van der Waals surface area contributed by atoms with Crippen molar-refractivity contribution in [3.8, 4) is 10.6 Å². The topological polar surface area (TPSA) is 62.3 Å². The highest BCUT2D eigenvalue weighted by Crippen LogP contribution is 2.33. The smallest absolute Gasteiger partial charge is 0.124 e. The highest BCUT2D eigenvalue weighted by Gasteiger charge is 2.07. The van der Waals surface area contributed by atoms with Crippen LogP contribution in [0.1, 0.15) is 27.7 Å². The first kappa shape index (κ1) is 17.4. The van der Waals surface area contributed by atoms with Crippen LogP contribution in [0.25, 0.3) is 20.8 Å². The summed E-state index contributed by atoms with van der Waals surface area (Å²) in [6.07, 6.45) is 0. The molecule has 0 N–H and O–H groups in total. The molecule has 1 heterocycles. The molecule has 0 saturated carbocycles. The van der Waals surface area contributed by atoms with Crippen LogP contribution in [0, 0.1) is 0 Å². The molecule has 0 amide bonds. The van der Waals surface area contributed by atoms with Crippen LogP contribution >= 0.6 is 11.3 Å². The van der Waals surface area contributed by atoms with Crippen LogP contribution in [-0.4, -0.2) is 17.1 Å². The van der Waals surface area contributed by atoms with E-state index in [-0.39, 0.29) is 12.1 Å². The molecule has 0 radical (unpaired) electrons. The number of hydrogen-bond acceptors (Lipinski definition) is 6.